The van der Waals surface area contributed by atoms with E-state index in [1.807, 2.05) is 0 Å². The molecule has 0 aromatic carbocycles. The van der Waals surface area contributed by atoms with Crippen molar-refractivity contribution < 1.29 is 27.9 Å². The van der Waals surface area contributed by atoms with Gasteiger partial charge in [0.25, 0.3) is 0 Å². The summed E-state index contributed by atoms with van der Waals surface area (Å²) < 4.78 is 28.1. The van der Waals surface area contributed by atoms with E-state index in [4.69, 9.17) is 9.84 Å². The first-order valence-corrected chi connectivity index (χ1v) is 7.30. The van der Waals surface area contributed by atoms with Crippen LogP contribution in [0.2, 0.25) is 0 Å². The number of methoxy groups -OCH3 is 1. The van der Waals surface area contributed by atoms with Crippen LogP contribution in [-0.2, 0) is 24.2 Å². The van der Waals surface area contributed by atoms with E-state index < -0.39 is 33.5 Å². The van der Waals surface area contributed by atoms with E-state index in [9.17, 15) is 18.0 Å². The highest BCUT2D eigenvalue weighted by Crippen LogP contribution is 2.01. The summed E-state index contributed by atoms with van der Waals surface area (Å²) in [6.45, 7) is 1.60. The Morgan fingerprint density at radius 3 is 2.39 bits per heavy atom. The van der Waals surface area contributed by atoms with Crippen LogP contribution in [0.25, 0.3) is 0 Å². The molecule has 0 aliphatic carbocycles. The monoisotopic (exact) mass is 281 g/mol. The van der Waals surface area contributed by atoms with E-state index in [0.717, 1.165) is 6.92 Å². The first-order valence-electron chi connectivity index (χ1n) is 5.48. The number of carboxylic acid groups (broad SMARTS) is 1. The molecule has 0 saturated carbocycles. The quantitative estimate of drug-likeness (QED) is 0.547. The Labute approximate surface area is 106 Å². The highest BCUT2D eigenvalue weighted by atomic mass is 32.2. The number of hydrogen-bond acceptors (Lipinski definition) is 5. The second-order valence-corrected chi connectivity index (χ2v) is 6.13. The third-order valence-electron chi connectivity index (χ3n) is 2.15. The molecule has 1 amide bonds. The largest absolute Gasteiger partial charge is 0.480 e. The molecule has 0 unspecified atom stereocenters. The van der Waals surface area contributed by atoms with Crippen LogP contribution < -0.4 is 5.32 Å². The van der Waals surface area contributed by atoms with Crippen LogP contribution in [0.5, 0.6) is 0 Å². The predicted molar refractivity (Wildman–Crippen MR) is 65.0 cm³/mol. The molecular formula is C10H19NO6S. The fraction of sp³-hybridized carbons (Fsp3) is 0.800. The molecule has 2 N–H and O–H groups in total. The summed E-state index contributed by atoms with van der Waals surface area (Å²) in [6, 6.07) is -1.39. The van der Waals surface area contributed by atoms with E-state index in [1.165, 1.54) is 7.11 Å². The van der Waals surface area contributed by atoms with E-state index in [0.29, 0.717) is 19.4 Å². The maximum absolute atomic E-state index is 11.6. The predicted octanol–water partition coefficient (Wildman–Crippen LogP) is -0.583. The van der Waals surface area contributed by atoms with Gasteiger partial charge in [-0.05, 0) is 12.8 Å². The van der Waals surface area contributed by atoms with Crippen LogP contribution in [0.3, 0.4) is 0 Å². The highest BCUT2D eigenvalue weighted by Gasteiger charge is 2.25. The lowest BCUT2D eigenvalue weighted by Gasteiger charge is -2.13. The number of rotatable bonds is 9. The molecule has 0 aliphatic heterocycles. The molecule has 0 aromatic rings. The van der Waals surface area contributed by atoms with Gasteiger partial charge < -0.3 is 15.2 Å². The van der Waals surface area contributed by atoms with Gasteiger partial charge in [-0.15, -0.1) is 0 Å². The van der Waals surface area contributed by atoms with Crippen molar-refractivity contribution in [2.24, 2.45) is 0 Å². The van der Waals surface area contributed by atoms with Gasteiger partial charge in [-0.1, -0.05) is 0 Å². The van der Waals surface area contributed by atoms with E-state index in [-0.39, 0.29) is 5.75 Å². The van der Waals surface area contributed by atoms with E-state index >= 15 is 0 Å². The third kappa shape index (κ3) is 8.02. The summed E-state index contributed by atoms with van der Waals surface area (Å²) in [5.41, 5.74) is 0. The van der Waals surface area contributed by atoms with Crippen molar-refractivity contribution >= 4 is 21.7 Å². The number of carboxylic acids is 1. The van der Waals surface area contributed by atoms with Gasteiger partial charge in [0.2, 0.25) is 5.91 Å². The molecule has 0 aliphatic rings. The number of nitrogens with one attached hydrogen (secondary N) is 1. The Balaban J connectivity index is 4.33. The minimum Gasteiger partial charge on any atom is -0.480 e. The Hall–Kier alpha value is -1.15. The smallest absolute Gasteiger partial charge is 0.327 e. The zero-order valence-electron chi connectivity index (χ0n) is 10.5. The van der Waals surface area contributed by atoms with Crippen molar-refractivity contribution in [2.75, 3.05) is 25.2 Å². The van der Waals surface area contributed by atoms with E-state index in [2.05, 4.69) is 5.32 Å². The summed E-state index contributed by atoms with van der Waals surface area (Å²) >= 11 is 0. The molecule has 0 fully saturated rings. The standard InChI is InChI=1S/C10H19NO6S/c1-8(12)11-9(10(13)14)7-18(15,16)6-4-3-5-17-2/h9H,3-7H2,1-2H3,(H,11,12)(H,13,14)/t9-/m0/s1. The van der Waals surface area contributed by atoms with Gasteiger partial charge in [0.15, 0.2) is 9.84 Å². The maximum Gasteiger partial charge on any atom is 0.327 e. The van der Waals surface area contributed by atoms with Crippen LogP contribution in [0, 0.1) is 0 Å². The van der Waals surface area contributed by atoms with Gasteiger partial charge in [0, 0.05) is 20.6 Å². The van der Waals surface area contributed by atoms with Crippen molar-refractivity contribution in [3.05, 3.63) is 0 Å². The average molecular weight is 281 g/mol. The first-order chi connectivity index (χ1) is 8.28. The number of carbonyl (C=O) groups excluding carboxylic acids is 1. The number of hydrogen-bond donors (Lipinski definition) is 2. The van der Waals surface area contributed by atoms with Crippen LogP contribution in [0.15, 0.2) is 0 Å². The van der Waals surface area contributed by atoms with Crippen LogP contribution in [-0.4, -0.2) is 56.7 Å². The minimum absolute atomic E-state index is 0.111. The lowest BCUT2D eigenvalue weighted by molar-refractivity contribution is -0.140. The molecule has 0 aromatic heterocycles. The second-order valence-electron chi connectivity index (χ2n) is 3.91. The highest BCUT2D eigenvalue weighted by molar-refractivity contribution is 7.91. The molecule has 0 heterocycles. The van der Waals surface area contributed by atoms with Crippen molar-refractivity contribution in [1.29, 1.82) is 0 Å². The average Bonchev–Trinajstić information content (AvgIpc) is 2.22. The molecule has 0 spiro atoms. The summed E-state index contributed by atoms with van der Waals surface area (Å²) in [7, 11) is -1.98. The molecule has 0 bridgehead atoms. The maximum atomic E-state index is 11.6. The summed E-state index contributed by atoms with van der Waals surface area (Å²) in [5, 5.41) is 10.9. The van der Waals surface area contributed by atoms with Crippen LogP contribution >= 0.6 is 0 Å². The summed E-state index contributed by atoms with van der Waals surface area (Å²) in [5.74, 6) is -2.63. The number of ether oxygens (including phenoxy) is 1. The van der Waals surface area contributed by atoms with Gasteiger partial charge in [0.1, 0.15) is 6.04 Å². The topological polar surface area (TPSA) is 110 Å². The van der Waals surface area contributed by atoms with Crippen molar-refractivity contribution in [3.63, 3.8) is 0 Å². The molecule has 0 rings (SSSR count). The van der Waals surface area contributed by atoms with Crippen LogP contribution in [0.4, 0.5) is 0 Å². The Morgan fingerprint density at radius 2 is 1.94 bits per heavy atom. The summed E-state index contributed by atoms with van der Waals surface area (Å²) in [6.07, 6.45) is 0.996. The number of amides is 1. The second kappa shape index (κ2) is 8.04. The molecule has 8 heteroatoms. The molecular weight excluding hydrogens is 262 g/mol. The van der Waals surface area contributed by atoms with Crippen molar-refractivity contribution in [3.8, 4) is 0 Å². The number of aliphatic carboxylic acids is 1. The minimum atomic E-state index is -3.50. The molecule has 0 saturated heterocycles. The normalized spacial score (nSPS) is 13.0. The van der Waals surface area contributed by atoms with E-state index in [1.54, 1.807) is 0 Å². The molecule has 1 atom stereocenters. The molecule has 106 valence electrons. The number of sulfone groups is 1. The number of carbonyl (C=O) groups is 2. The first kappa shape index (κ1) is 16.9. The van der Waals surface area contributed by atoms with Gasteiger partial charge in [-0.3, -0.25) is 4.79 Å². The van der Waals surface area contributed by atoms with Gasteiger partial charge >= 0.3 is 5.97 Å². The lowest BCUT2D eigenvalue weighted by atomic mass is 10.3. The fourth-order valence-corrected chi connectivity index (χ4v) is 2.87. The summed E-state index contributed by atoms with van der Waals surface area (Å²) in [4.78, 5) is 21.5. The lowest BCUT2D eigenvalue weighted by Crippen LogP contribution is -2.44. The Morgan fingerprint density at radius 1 is 1.33 bits per heavy atom. The molecule has 18 heavy (non-hydrogen) atoms. The van der Waals surface area contributed by atoms with Crippen molar-refractivity contribution in [2.45, 2.75) is 25.8 Å². The zero-order chi connectivity index (χ0) is 14.2. The SMILES string of the molecule is COCCCCS(=O)(=O)C[C@H](NC(C)=O)C(=O)O. The third-order valence-corrected chi connectivity index (χ3v) is 3.90. The molecule has 7 nitrogen and oxygen atoms in total. The molecule has 0 radical (unpaired) electrons. The van der Waals surface area contributed by atoms with Crippen molar-refractivity contribution in [1.82, 2.24) is 5.32 Å². The zero-order valence-corrected chi connectivity index (χ0v) is 11.3. The Bertz CT molecular complexity index is 378. The Kier molecular flexibility index (Phi) is 7.53. The van der Waals surface area contributed by atoms with Gasteiger partial charge in [-0.2, -0.15) is 0 Å². The van der Waals surface area contributed by atoms with Gasteiger partial charge in [-0.25, -0.2) is 13.2 Å². The van der Waals surface area contributed by atoms with Gasteiger partial charge in [0.05, 0.1) is 11.5 Å². The number of unbranched alkanes of at least 4 members (excludes halogenated alkanes) is 1. The van der Waals surface area contributed by atoms with Crippen LogP contribution in [0.1, 0.15) is 19.8 Å². The fourth-order valence-electron chi connectivity index (χ4n) is 1.33.